The molecule has 0 saturated carbocycles. The zero-order chi connectivity index (χ0) is 14.5. The molecule has 0 bridgehead atoms. The topological polar surface area (TPSA) is 86.5 Å². The molecule has 19 heavy (non-hydrogen) atoms. The first-order valence-electron chi connectivity index (χ1n) is 5.75. The molecule has 0 aromatic carbocycles. The number of nitrogens with zero attached hydrogens (tertiary/aromatic N) is 4. The Kier molecular flexibility index (Phi) is 5.63. The van der Waals surface area contributed by atoms with Crippen molar-refractivity contribution in [3.63, 3.8) is 0 Å². The van der Waals surface area contributed by atoms with Crippen LogP contribution in [-0.2, 0) is 0 Å². The second-order valence-corrected chi connectivity index (χ2v) is 5.76. The molecule has 1 aromatic rings. The molecule has 0 fully saturated rings. The van der Waals surface area contributed by atoms with E-state index in [1.165, 1.54) is 0 Å². The maximum absolute atomic E-state index is 9.22. The van der Waals surface area contributed by atoms with Crippen LogP contribution < -0.4 is 10.6 Å². The maximum Gasteiger partial charge on any atom is 0.230 e. The van der Waals surface area contributed by atoms with Crippen LogP contribution in [0.15, 0.2) is 0 Å². The Hall–Kier alpha value is -1.26. The average molecular weight is 301 g/mol. The Morgan fingerprint density at radius 2 is 2.00 bits per heavy atom. The summed E-state index contributed by atoms with van der Waals surface area (Å²) in [7, 11) is 0. The van der Waals surface area contributed by atoms with Crippen molar-refractivity contribution in [1.82, 2.24) is 15.0 Å². The number of anilines is 2. The molecule has 2 N–H and O–H groups in total. The van der Waals surface area contributed by atoms with Crippen LogP contribution in [0.4, 0.5) is 11.9 Å². The smallest absolute Gasteiger partial charge is 0.230 e. The second-order valence-electron chi connectivity index (χ2n) is 4.55. The van der Waals surface area contributed by atoms with Crippen molar-refractivity contribution in [2.24, 2.45) is 0 Å². The van der Waals surface area contributed by atoms with Crippen LogP contribution >= 0.6 is 23.4 Å². The summed E-state index contributed by atoms with van der Waals surface area (Å²) in [6.45, 7) is 5.73. The van der Waals surface area contributed by atoms with E-state index in [-0.39, 0.29) is 11.3 Å². The normalized spacial score (nSPS) is 13.7. The fourth-order valence-corrected chi connectivity index (χ4v) is 2.23. The number of nitrogens with one attached hydrogen (secondary N) is 2. The van der Waals surface area contributed by atoms with Crippen LogP contribution in [0.3, 0.4) is 0 Å². The van der Waals surface area contributed by atoms with Gasteiger partial charge in [0.05, 0.1) is 6.07 Å². The molecule has 0 aliphatic carbocycles. The van der Waals surface area contributed by atoms with Gasteiger partial charge in [0.2, 0.25) is 17.2 Å². The highest BCUT2D eigenvalue weighted by molar-refractivity contribution is 7.98. The van der Waals surface area contributed by atoms with Gasteiger partial charge in [-0.05, 0) is 38.6 Å². The molecule has 0 spiro atoms. The summed E-state index contributed by atoms with van der Waals surface area (Å²) in [5, 5.41) is 15.3. The van der Waals surface area contributed by atoms with Crippen LogP contribution in [0.2, 0.25) is 5.28 Å². The zero-order valence-electron chi connectivity index (χ0n) is 11.4. The minimum atomic E-state index is -0.751. The summed E-state index contributed by atoms with van der Waals surface area (Å²) >= 11 is 7.42. The number of hydrogen-bond donors (Lipinski definition) is 2. The predicted octanol–water partition coefficient (Wildman–Crippen LogP) is 2.40. The van der Waals surface area contributed by atoms with Gasteiger partial charge in [-0.25, -0.2) is 0 Å². The zero-order valence-corrected chi connectivity index (χ0v) is 12.9. The van der Waals surface area contributed by atoms with E-state index >= 15 is 0 Å². The van der Waals surface area contributed by atoms with Gasteiger partial charge >= 0.3 is 0 Å². The largest absolute Gasteiger partial charge is 0.352 e. The average Bonchev–Trinajstić information content (AvgIpc) is 2.27. The van der Waals surface area contributed by atoms with E-state index in [1.807, 2.05) is 20.1 Å². The van der Waals surface area contributed by atoms with Gasteiger partial charge < -0.3 is 10.6 Å². The van der Waals surface area contributed by atoms with Crippen molar-refractivity contribution in [2.45, 2.75) is 32.4 Å². The fraction of sp³-hybridized carbons (Fsp3) is 0.636. The standard InChI is InChI=1S/C11H17ClN6S/c1-7(2)14-9-15-8(12)16-10(17-9)18-11(3,5-13)6-19-4/h7H,6H2,1-4H3,(H2,14,15,16,17,18). The van der Waals surface area contributed by atoms with Gasteiger partial charge in [0, 0.05) is 11.8 Å². The lowest BCUT2D eigenvalue weighted by Crippen LogP contribution is -2.36. The lowest BCUT2D eigenvalue weighted by Gasteiger charge is -2.22. The SMILES string of the molecule is CSCC(C)(C#N)Nc1nc(Cl)nc(NC(C)C)n1. The van der Waals surface area contributed by atoms with E-state index in [1.54, 1.807) is 18.7 Å². The van der Waals surface area contributed by atoms with Crippen molar-refractivity contribution in [2.75, 3.05) is 22.6 Å². The van der Waals surface area contributed by atoms with E-state index in [2.05, 4.69) is 31.7 Å². The molecule has 0 radical (unpaired) electrons. The van der Waals surface area contributed by atoms with Gasteiger partial charge in [0.1, 0.15) is 5.54 Å². The maximum atomic E-state index is 9.22. The van der Waals surface area contributed by atoms with Gasteiger partial charge in [-0.2, -0.15) is 32.0 Å². The van der Waals surface area contributed by atoms with Crippen molar-refractivity contribution >= 4 is 35.3 Å². The number of thioether (sulfide) groups is 1. The van der Waals surface area contributed by atoms with Crippen LogP contribution in [0.25, 0.3) is 0 Å². The molecule has 0 saturated heterocycles. The van der Waals surface area contributed by atoms with Gasteiger partial charge in [-0.15, -0.1) is 0 Å². The molecule has 1 rings (SSSR count). The Bertz CT molecular complexity index is 475. The molecule has 8 heteroatoms. The predicted molar refractivity (Wildman–Crippen MR) is 79.6 cm³/mol. The summed E-state index contributed by atoms with van der Waals surface area (Å²) in [4.78, 5) is 12.2. The van der Waals surface area contributed by atoms with Crippen molar-refractivity contribution in [3.8, 4) is 6.07 Å². The molecule has 104 valence electrons. The Morgan fingerprint density at radius 3 is 2.53 bits per heavy atom. The summed E-state index contributed by atoms with van der Waals surface area (Å²) in [6, 6.07) is 2.39. The fourth-order valence-electron chi connectivity index (χ4n) is 1.36. The van der Waals surface area contributed by atoms with Crippen LogP contribution in [-0.4, -0.2) is 38.5 Å². The van der Waals surface area contributed by atoms with Crippen LogP contribution in [0.1, 0.15) is 20.8 Å². The van der Waals surface area contributed by atoms with E-state index in [4.69, 9.17) is 11.6 Å². The number of rotatable bonds is 6. The summed E-state index contributed by atoms with van der Waals surface area (Å²) < 4.78 is 0. The number of nitriles is 1. The number of hydrogen-bond acceptors (Lipinski definition) is 7. The van der Waals surface area contributed by atoms with Gasteiger partial charge in [-0.3, -0.25) is 0 Å². The lowest BCUT2D eigenvalue weighted by molar-refractivity contribution is 0.726. The van der Waals surface area contributed by atoms with E-state index < -0.39 is 5.54 Å². The quantitative estimate of drug-likeness (QED) is 0.834. The molecule has 0 amide bonds. The van der Waals surface area contributed by atoms with Crippen molar-refractivity contribution in [1.29, 1.82) is 5.26 Å². The molecule has 1 aromatic heterocycles. The highest BCUT2D eigenvalue weighted by Gasteiger charge is 2.24. The van der Waals surface area contributed by atoms with Gasteiger partial charge in [0.25, 0.3) is 0 Å². The molecule has 1 atom stereocenters. The summed E-state index contributed by atoms with van der Waals surface area (Å²) in [5.41, 5.74) is -0.751. The Labute approximate surface area is 122 Å². The van der Waals surface area contributed by atoms with Crippen molar-refractivity contribution < 1.29 is 0 Å². The molecular weight excluding hydrogens is 284 g/mol. The van der Waals surface area contributed by atoms with Crippen LogP contribution in [0, 0.1) is 11.3 Å². The highest BCUT2D eigenvalue weighted by Crippen LogP contribution is 2.18. The third-order valence-corrected chi connectivity index (χ3v) is 3.13. The molecule has 1 heterocycles. The summed E-state index contributed by atoms with van der Waals surface area (Å²) in [5.74, 6) is 1.29. The highest BCUT2D eigenvalue weighted by atomic mass is 35.5. The third kappa shape index (κ3) is 5.09. The minimum absolute atomic E-state index is 0.0880. The first kappa shape index (κ1) is 15.8. The lowest BCUT2D eigenvalue weighted by atomic mass is 10.1. The number of aromatic nitrogens is 3. The molecule has 0 aliphatic rings. The molecular formula is C11H17ClN6S. The Morgan fingerprint density at radius 1 is 1.37 bits per heavy atom. The van der Waals surface area contributed by atoms with Gasteiger partial charge in [0.15, 0.2) is 0 Å². The molecule has 0 aliphatic heterocycles. The number of halogens is 1. The molecule has 6 nitrogen and oxygen atoms in total. The first-order chi connectivity index (χ1) is 8.88. The monoisotopic (exact) mass is 300 g/mol. The minimum Gasteiger partial charge on any atom is -0.352 e. The van der Waals surface area contributed by atoms with Crippen molar-refractivity contribution in [3.05, 3.63) is 5.28 Å². The van der Waals surface area contributed by atoms with E-state index in [9.17, 15) is 5.26 Å². The summed E-state index contributed by atoms with van der Waals surface area (Å²) in [6.07, 6.45) is 1.93. The van der Waals surface area contributed by atoms with E-state index in [0.717, 1.165) is 0 Å². The third-order valence-electron chi connectivity index (χ3n) is 2.09. The second kappa shape index (κ2) is 6.78. The van der Waals surface area contributed by atoms with Gasteiger partial charge in [-0.1, -0.05) is 0 Å². The first-order valence-corrected chi connectivity index (χ1v) is 7.52. The van der Waals surface area contributed by atoms with Crippen LogP contribution in [0.5, 0.6) is 0 Å². The van der Waals surface area contributed by atoms with E-state index in [0.29, 0.717) is 17.6 Å². The molecule has 1 unspecified atom stereocenters. The Balaban J connectivity index is 2.95.